The van der Waals surface area contributed by atoms with Crippen LogP contribution in [0, 0.1) is 0 Å². The lowest BCUT2D eigenvalue weighted by molar-refractivity contribution is 0.867. The van der Waals surface area contributed by atoms with E-state index < -0.39 is 0 Å². The van der Waals surface area contributed by atoms with E-state index in [1.54, 1.807) is 0 Å². The van der Waals surface area contributed by atoms with Crippen LogP contribution in [-0.2, 0) is 0 Å². The van der Waals surface area contributed by atoms with Gasteiger partial charge in [0.25, 0.3) is 0 Å². The van der Waals surface area contributed by atoms with E-state index in [1.165, 1.54) is 23.5 Å². The second-order valence-corrected chi connectivity index (χ2v) is 6.34. The smallest absolute Gasteiger partial charge is 0.190 e. The summed E-state index contributed by atoms with van der Waals surface area (Å²) in [6.45, 7) is 4.31. The lowest BCUT2D eigenvalue weighted by Crippen LogP contribution is -1.97. The zero-order valence-corrected chi connectivity index (χ0v) is 14.8. The number of aromatic nitrogens is 2. The third-order valence-corrected chi connectivity index (χ3v) is 4.10. The number of anilines is 1. The van der Waals surface area contributed by atoms with Crippen molar-refractivity contribution in [3.05, 3.63) is 45.7 Å². The number of benzene rings is 1. The maximum Gasteiger partial charge on any atom is 0.190 e. The van der Waals surface area contributed by atoms with Gasteiger partial charge in [-0.3, -0.25) is 5.43 Å². The molecule has 7 heteroatoms. The van der Waals surface area contributed by atoms with E-state index in [0.29, 0.717) is 16.6 Å². The van der Waals surface area contributed by atoms with Crippen LogP contribution in [0.25, 0.3) is 0 Å². The SMILES string of the molecule is CSc1nc(Cl)c(C=NNc2ccc(C(C)C)cc2)c(Cl)n1. The van der Waals surface area contributed by atoms with Gasteiger partial charge in [0.05, 0.1) is 17.5 Å². The largest absolute Gasteiger partial charge is 0.279 e. The first-order chi connectivity index (χ1) is 10.5. The van der Waals surface area contributed by atoms with Crippen LogP contribution < -0.4 is 5.43 Å². The molecule has 116 valence electrons. The van der Waals surface area contributed by atoms with Crippen molar-refractivity contribution in [1.29, 1.82) is 0 Å². The average Bonchev–Trinajstić information content (AvgIpc) is 2.50. The molecule has 1 aromatic heterocycles. The minimum absolute atomic E-state index is 0.282. The first-order valence-corrected chi connectivity index (χ1v) is 8.65. The van der Waals surface area contributed by atoms with E-state index in [2.05, 4.69) is 46.5 Å². The molecule has 0 saturated carbocycles. The number of hydrazone groups is 1. The minimum atomic E-state index is 0.282. The van der Waals surface area contributed by atoms with Gasteiger partial charge in [-0.2, -0.15) is 5.10 Å². The monoisotopic (exact) mass is 354 g/mol. The molecule has 0 aliphatic heterocycles. The quantitative estimate of drug-likeness (QED) is 0.267. The predicted octanol–water partition coefficient (Wildman–Crippen LogP) is 5.07. The second kappa shape index (κ2) is 7.81. The maximum atomic E-state index is 6.08. The number of halogens is 2. The molecule has 0 amide bonds. The molecule has 0 saturated heterocycles. The highest BCUT2D eigenvalue weighted by atomic mass is 35.5. The summed E-state index contributed by atoms with van der Waals surface area (Å²) in [6.07, 6.45) is 3.38. The fraction of sp³-hybridized carbons (Fsp3) is 0.267. The average molecular weight is 355 g/mol. The van der Waals surface area contributed by atoms with Crippen molar-refractivity contribution in [3.8, 4) is 0 Å². The molecular formula is C15H16Cl2N4S. The zero-order chi connectivity index (χ0) is 16.1. The standard InChI is InChI=1S/C15H16Cl2N4S/c1-9(2)10-4-6-11(7-5-10)21-18-8-12-13(16)19-15(22-3)20-14(12)17/h4-9,21H,1-3H3. The summed E-state index contributed by atoms with van der Waals surface area (Å²) in [5.41, 5.74) is 5.59. The van der Waals surface area contributed by atoms with E-state index in [4.69, 9.17) is 23.2 Å². The Kier molecular flexibility index (Phi) is 6.06. The van der Waals surface area contributed by atoms with Crippen LogP contribution in [0.15, 0.2) is 34.5 Å². The zero-order valence-electron chi connectivity index (χ0n) is 12.5. The van der Waals surface area contributed by atoms with E-state index >= 15 is 0 Å². The molecule has 2 aromatic rings. The highest BCUT2D eigenvalue weighted by Gasteiger charge is 2.09. The molecule has 4 nitrogen and oxygen atoms in total. The molecule has 1 aromatic carbocycles. The van der Waals surface area contributed by atoms with Gasteiger partial charge in [-0.05, 0) is 29.9 Å². The molecule has 0 unspecified atom stereocenters. The van der Waals surface area contributed by atoms with Gasteiger partial charge in [0.1, 0.15) is 10.3 Å². The van der Waals surface area contributed by atoms with E-state index in [-0.39, 0.29) is 10.3 Å². The van der Waals surface area contributed by atoms with E-state index in [9.17, 15) is 0 Å². The summed E-state index contributed by atoms with van der Waals surface area (Å²) >= 11 is 13.5. The molecule has 0 bridgehead atoms. The Morgan fingerprint density at radius 1 is 1.14 bits per heavy atom. The molecule has 2 rings (SSSR count). The Balaban J connectivity index is 2.09. The van der Waals surface area contributed by atoms with Crippen molar-refractivity contribution in [2.75, 3.05) is 11.7 Å². The summed E-state index contributed by atoms with van der Waals surface area (Å²) < 4.78 is 0. The summed E-state index contributed by atoms with van der Waals surface area (Å²) in [6, 6.07) is 8.09. The van der Waals surface area contributed by atoms with Gasteiger partial charge < -0.3 is 0 Å². The van der Waals surface area contributed by atoms with Gasteiger partial charge in [-0.25, -0.2) is 9.97 Å². The van der Waals surface area contributed by atoms with Gasteiger partial charge in [0.2, 0.25) is 0 Å². The molecule has 22 heavy (non-hydrogen) atoms. The van der Waals surface area contributed by atoms with Crippen molar-refractivity contribution in [2.24, 2.45) is 5.10 Å². The van der Waals surface area contributed by atoms with Crippen molar-refractivity contribution < 1.29 is 0 Å². The summed E-state index contributed by atoms with van der Waals surface area (Å²) in [4.78, 5) is 8.25. The second-order valence-electron chi connectivity index (χ2n) is 4.85. The van der Waals surface area contributed by atoms with Crippen molar-refractivity contribution in [3.63, 3.8) is 0 Å². The lowest BCUT2D eigenvalue weighted by Gasteiger charge is -2.06. The number of rotatable bonds is 5. The van der Waals surface area contributed by atoms with Gasteiger partial charge in [0, 0.05) is 0 Å². The van der Waals surface area contributed by atoms with Crippen LogP contribution in [-0.4, -0.2) is 22.4 Å². The molecule has 0 radical (unpaired) electrons. The topological polar surface area (TPSA) is 50.2 Å². The number of thioether (sulfide) groups is 1. The molecule has 0 atom stereocenters. The van der Waals surface area contributed by atoms with Gasteiger partial charge in [-0.1, -0.05) is 60.9 Å². The molecule has 0 aliphatic carbocycles. The summed E-state index contributed by atoms with van der Waals surface area (Å²) in [5.74, 6) is 0.502. The van der Waals surface area contributed by atoms with Crippen molar-refractivity contribution in [1.82, 2.24) is 9.97 Å². The van der Waals surface area contributed by atoms with Crippen LogP contribution in [0.4, 0.5) is 5.69 Å². The van der Waals surface area contributed by atoms with Gasteiger partial charge >= 0.3 is 0 Å². The van der Waals surface area contributed by atoms with Crippen LogP contribution in [0.3, 0.4) is 0 Å². The molecular weight excluding hydrogens is 339 g/mol. The Bertz CT molecular complexity index is 649. The molecule has 1 N–H and O–H groups in total. The Hall–Kier alpha value is -1.30. The Morgan fingerprint density at radius 2 is 1.73 bits per heavy atom. The first-order valence-electron chi connectivity index (χ1n) is 6.67. The summed E-state index contributed by atoms with van der Waals surface area (Å²) in [5, 5.41) is 5.23. The number of nitrogens with zero attached hydrogens (tertiary/aromatic N) is 3. The Morgan fingerprint density at radius 3 is 2.23 bits per heavy atom. The third kappa shape index (κ3) is 4.35. The van der Waals surface area contributed by atoms with Gasteiger partial charge in [-0.15, -0.1) is 0 Å². The van der Waals surface area contributed by atoms with Gasteiger partial charge in [0.15, 0.2) is 5.16 Å². The number of hydrogen-bond acceptors (Lipinski definition) is 5. The molecule has 0 spiro atoms. The Labute approximate surface area is 144 Å². The van der Waals surface area contributed by atoms with Crippen LogP contribution in [0.2, 0.25) is 10.3 Å². The van der Waals surface area contributed by atoms with Crippen molar-refractivity contribution in [2.45, 2.75) is 24.9 Å². The third-order valence-electron chi connectivity index (χ3n) is 2.98. The normalized spacial score (nSPS) is 11.4. The fourth-order valence-electron chi connectivity index (χ4n) is 1.71. The lowest BCUT2D eigenvalue weighted by atomic mass is 10.0. The minimum Gasteiger partial charge on any atom is -0.279 e. The van der Waals surface area contributed by atoms with Crippen LogP contribution in [0.1, 0.15) is 30.9 Å². The highest BCUT2D eigenvalue weighted by molar-refractivity contribution is 7.98. The van der Waals surface area contributed by atoms with Crippen LogP contribution in [0.5, 0.6) is 0 Å². The van der Waals surface area contributed by atoms with E-state index in [1.807, 2.05) is 18.4 Å². The first kappa shape index (κ1) is 17.1. The molecule has 1 heterocycles. The highest BCUT2D eigenvalue weighted by Crippen LogP contribution is 2.23. The summed E-state index contributed by atoms with van der Waals surface area (Å²) in [7, 11) is 0. The fourth-order valence-corrected chi connectivity index (χ4v) is 2.66. The molecule has 0 fully saturated rings. The maximum absolute atomic E-state index is 6.08. The number of nitrogens with one attached hydrogen (secondary N) is 1. The number of hydrogen-bond donors (Lipinski definition) is 1. The van der Waals surface area contributed by atoms with Crippen molar-refractivity contribution >= 4 is 46.9 Å². The van der Waals surface area contributed by atoms with E-state index in [0.717, 1.165) is 5.69 Å². The predicted molar refractivity (Wildman–Crippen MR) is 95.6 cm³/mol. The van der Waals surface area contributed by atoms with Crippen LogP contribution >= 0.6 is 35.0 Å². The molecule has 0 aliphatic rings.